The van der Waals surface area contributed by atoms with Crippen LogP contribution in [0.25, 0.3) is 0 Å². The molecule has 2 heterocycles. The van der Waals surface area contributed by atoms with Crippen molar-refractivity contribution >= 4 is 23.2 Å². The predicted molar refractivity (Wildman–Crippen MR) is 90.4 cm³/mol. The molecular formula is C18H25NO3S. The Hall–Kier alpha value is -1.36. The first-order chi connectivity index (χ1) is 11.2. The monoisotopic (exact) mass is 335 g/mol. The minimum absolute atomic E-state index is 0.0414. The lowest BCUT2D eigenvalue weighted by atomic mass is 9.82. The highest BCUT2D eigenvalue weighted by Crippen LogP contribution is 2.45. The van der Waals surface area contributed by atoms with Gasteiger partial charge in [0.25, 0.3) is 0 Å². The molecular weight excluding hydrogens is 310 g/mol. The van der Waals surface area contributed by atoms with Crippen LogP contribution in [0.5, 0.6) is 0 Å². The smallest absolute Gasteiger partial charge is 0.309 e. The molecule has 0 N–H and O–H groups in total. The van der Waals surface area contributed by atoms with Crippen molar-refractivity contribution in [1.29, 1.82) is 0 Å². The van der Waals surface area contributed by atoms with Crippen LogP contribution in [-0.4, -0.2) is 36.5 Å². The van der Waals surface area contributed by atoms with Crippen molar-refractivity contribution in [3.63, 3.8) is 0 Å². The summed E-state index contributed by atoms with van der Waals surface area (Å²) in [5.74, 6) is 0.133. The second kappa shape index (κ2) is 7.04. The summed E-state index contributed by atoms with van der Waals surface area (Å²) in [7, 11) is 0. The summed E-state index contributed by atoms with van der Waals surface area (Å²) in [6.07, 6.45) is 5.64. The lowest BCUT2D eigenvalue weighted by molar-refractivity contribution is -0.152. The third kappa shape index (κ3) is 3.16. The zero-order chi connectivity index (χ0) is 16.3. The molecule has 0 atom stereocenters. The van der Waals surface area contributed by atoms with Gasteiger partial charge < -0.3 is 9.64 Å². The second-order valence-electron chi connectivity index (χ2n) is 6.59. The third-order valence-electron chi connectivity index (χ3n) is 5.26. The normalized spacial score (nSPS) is 21.3. The maximum Gasteiger partial charge on any atom is 0.309 e. The molecule has 0 aromatic carbocycles. The van der Waals surface area contributed by atoms with E-state index in [4.69, 9.17) is 4.74 Å². The summed E-state index contributed by atoms with van der Waals surface area (Å²) >= 11 is 1.70. The van der Waals surface area contributed by atoms with E-state index in [0.717, 1.165) is 38.5 Å². The molecule has 1 aliphatic carbocycles. The van der Waals surface area contributed by atoms with Gasteiger partial charge in [-0.15, -0.1) is 11.3 Å². The Morgan fingerprint density at radius 1 is 1.30 bits per heavy atom. The van der Waals surface area contributed by atoms with Gasteiger partial charge in [0.05, 0.1) is 17.9 Å². The fourth-order valence-electron chi connectivity index (χ4n) is 3.98. The van der Waals surface area contributed by atoms with Crippen LogP contribution >= 0.6 is 11.3 Å². The molecule has 0 unspecified atom stereocenters. The van der Waals surface area contributed by atoms with Gasteiger partial charge >= 0.3 is 5.97 Å². The van der Waals surface area contributed by atoms with Crippen molar-refractivity contribution in [3.8, 4) is 0 Å². The van der Waals surface area contributed by atoms with Crippen molar-refractivity contribution in [2.45, 2.75) is 50.9 Å². The number of esters is 1. The van der Waals surface area contributed by atoms with Gasteiger partial charge in [-0.05, 0) is 44.1 Å². The molecule has 2 aliphatic rings. The molecule has 0 bridgehead atoms. The summed E-state index contributed by atoms with van der Waals surface area (Å²) in [5.41, 5.74) is -0.301. The molecule has 5 heteroatoms. The average molecular weight is 335 g/mol. The summed E-state index contributed by atoms with van der Waals surface area (Å²) in [6, 6.07) is 4.15. The number of likely N-dealkylation sites (tertiary alicyclic amines) is 1. The van der Waals surface area contributed by atoms with Crippen molar-refractivity contribution in [3.05, 3.63) is 22.4 Å². The van der Waals surface area contributed by atoms with E-state index >= 15 is 0 Å². The number of piperidine rings is 1. The number of amides is 1. The zero-order valence-electron chi connectivity index (χ0n) is 13.8. The molecule has 23 heavy (non-hydrogen) atoms. The van der Waals surface area contributed by atoms with Crippen LogP contribution in [0.15, 0.2) is 17.5 Å². The summed E-state index contributed by atoms with van der Waals surface area (Å²) in [6.45, 7) is 3.62. The van der Waals surface area contributed by atoms with Gasteiger partial charge in [-0.3, -0.25) is 9.59 Å². The maximum atomic E-state index is 13.2. The highest BCUT2D eigenvalue weighted by atomic mass is 32.1. The Kier molecular flexibility index (Phi) is 5.05. The van der Waals surface area contributed by atoms with Gasteiger partial charge in [0.1, 0.15) is 0 Å². The second-order valence-corrected chi connectivity index (χ2v) is 7.53. The number of thiophene rings is 1. The third-order valence-corrected chi connectivity index (χ3v) is 6.34. The molecule has 1 saturated carbocycles. The minimum Gasteiger partial charge on any atom is -0.466 e. The largest absolute Gasteiger partial charge is 0.466 e. The van der Waals surface area contributed by atoms with Crippen molar-refractivity contribution in [1.82, 2.24) is 4.90 Å². The minimum atomic E-state index is -0.301. The molecule has 1 saturated heterocycles. The van der Waals surface area contributed by atoms with E-state index in [-0.39, 0.29) is 23.2 Å². The van der Waals surface area contributed by atoms with Gasteiger partial charge in [-0.1, -0.05) is 18.9 Å². The Labute approximate surface area is 141 Å². The number of hydrogen-bond donors (Lipinski definition) is 0. The van der Waals surface area contributed by atoms with E-state index in [1.54, 1.807) is 11.3 Å². The maximum absolute atomic E-state index is 13.2. The number of nitrogens with zero attached hydrogens (tertiary/aromatic N) is 1. The lowest BCUT2D eigenvalue weighted by Gasteiger charge is -2.37. The van der Waals surface area contributed by atoms with E-state index in [1.807, 2.05) is 17.9 Å². The fourth-order valence-corrected chi connectivity index (χ4v) is 4.95. The highest BCUT2D eigenvalue weighted by Gasteiger charge is 2.46. The quantitative estimate of drug-likeness (QED) is 0.793. The zero-order valence-corrected chi connectivity index (χ0v) is 14.6. The molecule has 2 fully saturated rings. The van der Waals surface area contributed by atoms with E-state index in [1.165, 1.54) is 4.88 Å². The van der Waals surface area contributed by atoms with E-state index in [9.17, 15) is 9.59 Å². The molecule has 1 aromatic heterocycles. The van der Waals surface area contributed by atoms with Crippen LogP contribution in [0, 0.1) is 5.92 Å². The molecule has 126 valence electrons. The van der Waals surface area contributed by atoms with Gasteiger partial charge in [-0.2, -0.15) is 0 Å². The van der Waals surface area contributed by atoms with Gasteiger partial charge in [0.2, 0.25) is 5.91 Å². The molecule has 4 nitrogen and oxygen atoms in total. The Balaban J connectivity index is 1.68. The summed E-state index contributed by atoms with van der Waals surface area (Å²) in [4.78, 5) is 28.3. The van der Waals surface area contributed by atoms with E-state index in [2.05, 4.69) is 11.4 Å². The summed E-state index contributed by atoms with van der Waals surface area (Å²) in [5, 5.41) is 2.07. The van der Waals surface area contributed by atoms with E-state index < -0.39 is 0 Å². The lowest BCUT2D eigenvalue weighted by Crippen LogP contribution is -2.49. The van der Waals surface area contributed by atoms with E-state index in [0.29, 0.717) is 19.7 Å². The van der Waals surface area contributed by atoms with Crippen LogP contribution in [-0.2, 0) is 19.7 Å². The first-order valence-corrected chi connectivity index (χ1v) is 9.55. The number of carbonyl (C=O) groups excluding carboxylic acids is 2. The van der Waals surface area contributed by atoms with Gasteiger partial charge in [0, 0.05) is 18.0 Å². The fraction of sp³-hybridized carbons (Fsp3) is 0.667. The van der Waals surface area contributed by atoms with Crippen LogP contribution in [0.4, 0.5) is 0 Å². The Morgan fingerprint density at radius 2 is 2.00 bits per heavy atom. The SMILES string of the molecule is CCOC(=O)C1CCN(C(=O)C2(c3cccs3)CCCC2)CC1. The van der Waals surface area contributed by atoms with Crippen LogP contribution in [0.1, 0.15) is 50.3 Å². The molecule has 0 spiro atoms. The first-order valence-electron chi connectivity index (χ1n) is 8.67. The topological polar surface area (TPSA) is 46.6 Å². The standard InChI is InChI=1S/C18H25NO3S/c1-2-22-16(20)14-7-11-19(12-8-14)17(21)18(9-3-4-10-18)15-6-5-13-23-15/h5-6,13-14H,2-4,7-12H2,1H3. The summed E-state index contributed by atoms with van der Waals surface area (Å²) < 4.78 is 5.11. The Bertz CT molecular complexity index is 541. The van der Waals surface area contributed by atoms with Crippen LogP contribution < -0.4 is 0 Å². The molecule has 0 radical (unpaired) electrons. The number of rotatable bonds is 4. The van der Waals surface area contributed by atoms with Crippen LogP contribution in [0.2, 0.25) is 0 Å². The number of ether oxygens (including phenoxy) is 1. The molecule has 1 amide bonds. The highest BCUT2D eigenvalue weighted by molar-refractivity contribution is 7.10. The Morgan fingerprint density at radius 3 is 2.57 bits per heavy atom. The number of carbonyl (C=O) groups is 2. The number of hydrogen-bond acceptors (Lipinski definition) is 4. The van der Waals surface area contributed by atoms with Crippen molar-refractivity contribution in [2.24, 2.45) is 5.92 Å². The van der Waals surface area contributed by atoms with Gasteiger partial charge in [-0.25, -0.2) is 0 Å². The average Bonchev–Trinajstić information content (AvgIpc) is 3.26. The predicted octanol–water partition coefficient (Wildman–Crippen LogP) is 3.36. The van der Waals surface area contributed by atoms with Gasteiger partial charge in [0.15, 0.2) is 0 Å². The molecule has 1 aliphatic heterocycles. The first kappa shape index (κ1) is 16.5. The molecule has 1 aromatic rings. The van der Waals surface area contributed by atoms with Crippen molar-refractivity contribution < 1.29 is 14.3 Å². The molecule has 3 rings (SSSR count). The van der Waals surface area contributed by atoms with Crippen LogP contribution in [0.3, 0.4) is 0 Å². The van der Waals surface area contributed by atoms with Crippen molar-refractivity contribution in [2.75, 3.05) is 19.7 Å².